The molecule has 182 valence electrons. The minimum absolute atomic E-state index is 0.0561. The second-order valence-corrected chi connectivity index (χ2v) is 10.1. The number of ether oxygens (including phenoxy) is 1. The molecular formula is C28H30BrN3O2S. The average Bonchev–Trinajstić information content (AvgIpc) is 2.87. The van der Waals surface area contributed by atoms with Gasteiger partial charge in [-0.3, -0.25) is 15.0 Å². The first kappa shape index (κ1) is 25.4. The van der Waals surface area contributed by atoms with Crippen LogP contribution in [-0.4, -0.2) is 53.1 Å². The number of benzene rings is 3. The summed E-state index contributed by atoms with van der Waals surface area (Å²) in [5.74, 6) is 0.488. The van der Waals surface area contributed by atoms with Gasteiger partial charge in [0.25, 0.3) is 5.91 Å². The molecule has 0 radical (unpaired) electrons. The maximum Gasteiger partial charge on any atom is 0.257 e. The van der Waals surface area contributed by atoms with Gasteiger partial charge in [-0.15, -0.1) is 0 Å². The predicted molar refractivity (Wildman–Crippen MR) is 148 cm³/mol. The van der Waals surface area contributed by atoms with Crippen LogP contribution in [0, 0.1) is 0 Å². The second kappa shape index (κ2) is 11.8. The molecule has 0 bridgehead atoms. The number of carbonyl (C=O) groups is 1. The summed E-state index contributed by atoms with van der Waals surface area (Å²) >= 11 is 9.09. The molecule has 35 heavy (non-hydrogen) atoms. The van der Waals surface area contributed by atoms with Gasteiger partial charge in [-0.05, 0) is 71.3 Å². The fraction of sp³-hybridized carbons (Fsp3) is 0.286. The molecule has 1 fully saturated rings. The van der Waals surface area contributed by atoms with Crippen molar-refractivity contribution in [1.82, 2.24) is 15.1 Å². The molecule has 1 aliphatic heterocycles. The van der Waals surface area contributed by atoms with E-state index in [9.17, 15) is 4.79 Å². The zero-order valence-electron chi connectivity index (χ0n) is 20.0. The normalized spacial score (nSPS) is 14.3. The standard InChI is InChI=1S/C28H30BrN3O2S/c1-20(2)34-25-14-13-23(19-24(25)29)27(33)30-28(35)32-17-15-31(16-18-32)26(21-9-5-3-6-10-21)22-11-7-4-8-12-22/h3-14,19-20,26H,15-18H2,1-2H3,(H,30,33,35). The van der Waals surface area contributed by atoms with Gasteiger partial charge in [-0.1, -0.05) is 60.7 Å². The Hall–Kier alpha value is -2.74. The van der Waals surface area contributed by atoms with E-state index in [1.807, 2.05) is 26.0 Å². The summed E-state index contributed by atoms with van der Waals surface area (Å²) in [6, 6.07) is 26.7. The Morgan fingerprint density at radius 3 is 2.00 bits per heavy atom. The lowest BCUT2D eigenvalue weighted by Crippen LogP contribution is -2.53. The molecular weight excluding hydrogens is 522 g/mol. The lowest BCUT2D eigenvalue weighted by Gasteiger charge is -2.40. The zero-order chi connectivity index (χ0) is 24.8. The lowest BCUT2D eigenvalue weighted by molar-refractivity contribution is 0.0967. The van der Waals surface area contributed by atoms with Gasteiger partial charge in [0.2, 0.25) is 0 Å². The monoisotopic (exact) mass is 551 g/mol. The van der Waals surface area contributed by atoms with Crippen molar-refractivity contribution in [2.45, 2.75) is 26.0 Å². The molecule has 0 unspecified atom stereocenters. The van der Waals surface area contributed by atoms with E-state index in [1.54, 1.807) is 18.2 Å². The smallest absolute Gasteiger partial charge is 0.257 e. The first-order valence-electron chi connectivity index (χ1n) is 11.8. The van der Waals surface area contributed by atoms with Gasteiger partial charge in [-0.25, -0.2) is 0 Å². The fourth-order valence-corrected chi connectivity index (χ4v) is 5.06. The number of nitrogens with one attached hydrogen (secondary N) is 1. The van der Waals surface area contributed by atoms with Crippen LogP contribution in [0.15, 0.2) is 83.3 Å². The number of piperazine rings is 1. The molecule has 3 aromatic rings. The summed E-state index contributed by atoms with van der Waals surface area (Å²) in [7, 11) is 0. The van der Waals surface area contributed by atoms with Crippen LogP contribution in [0.3, 0.4) is 0 Å². The molecule has 1 saturated heterocycles. The van der Waals surface area contributed by atoms with Gasteiger partial charge in [0.15, 0.2) is 5.11 Å². The number of halogens is 1. The third kappa shape index (κ3) is 6.48. The van der Waals surface area contributed by atoms with Crippen molar-refractivity contribution in [2.75, 3.05) is 26.2 Å². The molecule has 1 amide bonds. The van der Waals surface area contributed by atoms with E-state index in [1.165, 1.54) is 11.1 Å². The fourth-order valence-electron chi connectivity index (χ4n) is 4.31. The molecule has 0 atom stereocenters. The molecule has 7 heteroatoms. The molecule has 1 aliphatic rings. The molecule has 1 N–H and O–H groups in total. The Labute approximate surface area is 221 Å². The first-order valence-corrected chi connectivity index (χ1v) is 13.0. The highest BCUT2D eigenvalue weighted by molar-refractivity contribution is 9.10. The zero-order valence-corrected chi connectivity index (χ0v) is 22.4. The summed E-state index contributed by atoms with van der Waals surface area (Å²) in [5, 5.41) is 3.36. The van der Waals surface area contributed by atoms with Gasteiger partial charge in [0.05, 0.1) is 16.6 Å². The Balaban J connectivity index is 1.38. The molecule has 3 aromatic carbocycles. The van der Waals surface area contributed by atoms with Crippen molar-refractivity contribution >= 4 is 39.2 Å². The van der Waals surface area contributed by atoms with Crippen LogP contribution in [-0.2, 0) is 0 Å². The Kier molecular flexibility index (Phi) is 8.55. The number of thiocarbonyl (C=S) groups is 1. The number of hydrogen-bond acceptors (Lipinski definition) is 4. The minimum atomic E-state index is -0.222. The minimum Gasteiger partial charge on any atom is -0.490 e. The van der Waals surface area contributed by atoms with Crippen LogP contribution >= 0.6 is 28.1 Å². The molecule has 0 spiro atoms. The summed E-state index contributed by atoms with van der Waals surface area (Å²) < 4.78 is 6.47. The van der Waals surface area contributed by atoms with Gasteiger partial charge in [-0.2, -0.15) is 0 Å². The van der Waals surface area contributed by atoms with Crippen LogP contribution in [0.5, 0.6) is 5.75 Å². The average molecular weight is 553 g/mol. The van der Waals surface area contributed by atoms with Crippen molar-refractivity contribution in [3.05, 3.63) is 100 Å². The molecule has 0 aromatic heterocycles. The summed E-state index contributed by atoms with van der Waals surface area (Å²) in [5.41, 5.74) is 3.08. The quantitative estimate of drug-likeness (QED) is 0.400. The third-order valence-corrected chi connectivity index (χ3v) is 6.95. The van der Waals surface area contributed by atoms with E-state index in [0.717, 1.165) is 30.7 Å². The van der Waals surface area contributed by atoms with Crippen molar-refractivity contribution in [2.24, 2.45) is 0 Å². The molecule has 5 nitrogen and oxygen atoms in total. The van der Waals surface area contributed by atoms with Gasteiger partial charge >= 0.3 is 0 Å². The molecule has 0 saturated carbocycles. The van der Waals surface area contributed by atoms with E-state index < -0.39 is 0 Å². The lowest BCUT2D eigenvalue weighted by atomic mass is 9.96. The van der Waals surface area contributed by atoms with Crippen molar-refractivity contribution in [1.29, 1.82) is 0 Å². The SMILES string of the molecule is CC(C)Oc1ccc(C(=O)NC(=S)N2CCN(C(c3ccccc3)c3ccccc3)CC2)cc1Br. The van der Waals surface area contributed by atoms with E-state index in [4.69, 9.17) is 17.0 Å². The second-order valence-electron chi connectivity index (χ2n) is 8.82. The van der Waals surface area contributed by atoms with Crippen molar-refractivity contribution < 1.29 is 9.53 Å². The Bertz CT molecular complexity index is 1110. The summed E-state index contributed by atoms with van der Waals surface area (Å²) in [6.45, 7) is 7.12. The maximum atomic E-state index is 12.8. The van der Waals surface area contributed by atoms with Gasteiger partial charge in [0, 0.05) is 31.7 Å². The highest BCUT2D eigenvalue weighted by Gasteiger charge is 2.27. The first-order chi connectivity index (χ1) is 16.9. The van der Waals surface area contributed by atoms with Gasteiger partial charge < -0.3 is 9.64 Å². The third-order valence-electron chi connectivity index (χ3n) is 5.97. The number of amides is 1. The van der Waals surface area contributed by atoms with Crippen LogP contribution in [0.4, 0.5) is 0 Å². The van der Waals surface area contributed by atoms with E-state index >= 15 is 0 Å². The van der Waals surface area contributed by atoms with Gasteiger partial charge in [0.1, 0.15) is 5.75 Å². The molecule has 0 aliphatic carbocycles. The van der Waals surface area contributed by atoms with Crippen LogP contribution in [0.2, 0.25) is 0 Å². The van der Waals surface area contributed by atoms with Crippen LogP contribution in [0.1, 0.15) is 41.4 Å². The largest absolute Gasteiger partial charge is 0.490 e. The summed E-state index contributed by atoms with van der Waals surface area (Å²) in [6.07, 6.45) is 0.0561. The number of nitrogens with zero attached hydrogens (tertiary/aromatic N) is 2. The maximum absolute atomic E-state index is 12.8. The summed E-state index contributed by atoms with van der Waals surface area (Å²) in [4.78, 5) is 17.4. The highest BCUT2D eigenvalue weighted by atomic mass is 79.9. The van der Waals surface area contributed by atoms with E-state index in [0.29, 0.717) is 16.4 Å². The molecule has 1 heterocycles. The van der Waals surface area contributed by atoms with E-state index in [-0.39, 0.29) is 18.1 Å². The Morgan fingerprint density at radius 1 is 0.914 bits per heavy atom. The highest BCUT2D eigenvalue weighted by Crippen LogP contribution is 2.30. The van der Waals surface area contributed by atoms with E-state index in [2.05, 4.69) is 79.6 Å². The topological polar surface area (TPSA) is 44.8 Å². The predicted octanol–water partition coefficient (Wildman–Crippen LogP) is 5.66. The van der Waals surface area contributed by atoms with Crippen LogP contribution < -0.4 is 10.1 Å². The Morgan fingerprint density at radius 2 is 1.49 bits per heavy atom. The molecule has 4 rings (SSSR count). The number of carbonyl (C=O) groups excluding carboxylic acids is 1. The number of hydrogen-bond donors (Lipinski definition) is 1. The van der Waals surface area contributed by atoms with Crippen molar-refractivity contribution in [3.8, 4) is 5.75 Å². The van der Waals surface area contributed by atoms with Crippen molar-refractivity contribution in [3.63, 3.8) is 0 Å². The number of rotatable bonds is 6. The van der Waals surface area contributed by atoms with Crippen LogP contribution in [0.25, 0.3) is 0 Å².